The van der Waals surface area contributed by atoms with Gasteiger partial charge in [-0.1, -0.05) is 36.4 Å². The number of pyridine rings is 1. The van der Waals surface area contributed by atoms with Crippen molar-refractivity contribution in [2.75, 3.05) is 19.6 Å². The van der Waals surface area contributed by atoms with Gasteiger partial charge in [0.25, 0.3) is 0 Å². The summed E-state index contributed by atoms with van der Waals surface area (Å²) in [7, 11) is 0. The molecule has 2 aromatic rings. The second-order valence-electron chi connectivity index (χ2n) is 7.18. The van der Waals surface area contributed by atoms with Gasteiger partial charge in [0.2, 0.25) is 11.8 Å². The Kier molecular flexibility index (Phi) is 7.14. The number of carbonyl (C=O) groups excluding carboxylic acids is 2. The lowest BCUT2D eigenvalue weighted by Gasteiger charge is -2.34. The first-order chi connectivity index (χ1) is 13.6. The van der Waals surface area contributed by atoms with Crippen LogP contribution in [0.3, 0.4) is 0 Å². The van der Waals surface area contributed by atoms with Gasteiger partial charge in [0.15, 0.2) is 0 Å². The Morgan fingerprint density at radius 1 is 1.21 bits per heavy atom. The molecule has 3 rings (SSSR count). The topological polar surface area (TPSA) is 74.3 Å². The fraction of sp³-hybridized carbons (Fsp3) is 0.409. The lowest BCUT2D eigenvalue weighted by molar-refractivity contribution is -0.134. The van der Waals surface area contributed by atoms with E-state index in [1.165, 1.54) is 5.56 Å². The number of hydrogen-bond acceptors (Lipinski definition) is 4. The van der Waals surface area contributed by atoms with Crippen LogP contribution >= 0.6 is 0 Å². The van der Waals surface area contributed by atoms with Gasteiger partial charge in [0.1, 0.15) is 0 Å². The summed E-state index contributed by atoms with van der Waals surface area (Å²) in [5, 5.41) is 5.77. The van der Waals surface area contributed by atoms with Gasteiger partial charge in [-0.3, -0.25) is 19.5 Å². The van der Waals surface area contributed by atoms with E-state index in [0.717, 1.165) is 37.3 Å². The molecule has 1 unspecified atom stereocenters. The molecule has 28 heavy (non-hydrogen) atoms. The quantitative estimate of drug-likeness (QED) is 0.733. The number of amides is 2. The molecule has 1 saturated heterocycles. The van der Waals surface area contributed by atoms with E-state index >= 15 is 0 Å². The van der Waals surface area contributed by atoms with Crippen molar-refractivity contribution in [3.63, 3.8) is 0 Å². The van der Waals surface area contributed by atoms with Crippen LogP contribution in [0.2, 0.25) is 0 Å². The second-order valence-corrected chi connectivity index (χ2v) is 7.18. The summed E-state index contributed by atoms with van der Waals surface area (Å²) in [6, 6.07) is 15.7. The van der Waals surface area contributed by atoms with Crippen LogP contribution in [0.1, 0.15) is 29.8 Å². The van der Waals surface area contributed by atoms with E-state index in [-0.39, 0.29) is 18.2 Å². The van der Waals surface area contributed by atoms with Crippen molar-refractivity contribution in [3.8, 4) is 0 Å². The molecule has 6 nitrogen and oxygen atoms in total. The van der Waals surface area contributed by atoms with E-state index in [1.54, 1.807) is 0 Å². The minimum atomic E-state index is -0.407. The maximum Gasteiger partial charge on any atom is 0.237 e. The molecule has 2 amide bonds. The first-order valence-corrected chi connectivity index (χ1v) is 9.87. The summed E-state index contributed by atoms with van der Waals surface area (Å²) in [5.74, 6) is -0.187. The molecule has 2 heterocycles. The highest BCUT2D eigenvalue weighted by molar-refractivity contribution is 5.88. The van der Waals surface area contributed by atoms with Crippen LogP contribution in [0.5, 0.6) is 0 Å². The van der Waals surface area contributed by atoms with Gasteiger partial charge < -0.3 is 10.6 Å². The van der Waals surface area contributed by atoms with E-state index in [4.69, 9.17) is 0 Å². The van der Waals surface area contributed by atoms with Crippen molar-refractivity contribution < 1.29 is 9.59 Å². The molecule has 1 aromatic carbocycles. The Hall–Kier alpha value is -2.73. The van der Waals surface area contributed by atoms with Crippen LogP contribution in [0, 0.1) is 6.92 Å². The molecule has 1 atom stereocenters. The normalized spacial score (nSPS) is 17.2. The molecule has 148 valence electrons. The molecule has 6 heteroatoms. The monoisotopic (exact) mass is 380 g/mol. The highest BCUT2D eigenvalue weighted by Crippen LogP contribution is 2.12. The van der Waals surface area contributed by atoms with Gasteiger partial charge in [0.05, 0.1) is 24.7 Å². The molecule has 0 radical (unpaired) electrons. The number of aromatic nitrogens is 1. The minimum Gasteiger partial charge on any atom is -0.353 e. The van der Waals surface area contributed by atoms with Crippen molar-refractivity contribution >= 4 is 11.8 Å². The number of nitrogens with zero attached hydrogens (tertiary/aromatic N) is 2. The third-order valence-corrected chi connectivity index (χ3v) is 4.99. The van der Waals surface area contributed by atoms with Crippen LogP contribution in [-0.2, 0) is 22.6 Å². The Labute approximate surface area is 166 Å². The summed E-state index contributed by atoms with van der Waals surface area (Å²) in [6.45, 7) is 4.51. The number of carbonyl (C=O) groups is 2. The Morgan fingerprint density at radius 3 is 2.82 bits per heavy atom. The molecule has 2 N–H and O–H groups in total. The summed E-state index contributed by atoms with van der Waals surface area (Å²) in [6.07, 6.45) is 2.10. The first kappa shape index (κ1) is 20.0. The molecule has 1 aliphatic heterocycles. The zero-order valence-electron chi connectivity index (χ0n) is 16.4. The summed E-state index contributed by atoms with van der Waals surface area (Å²) in [5.41, 5.74) is 3.04. The number of aryl methyl sites for hydroxylation is 2. The maximum atomic E-state index is 12.4. The standard InChI is InChI=1S/C22H28N4O2/c1-17-7-5-11-19(25-17)16-24-21(27)15-20-22(28)23-12-14-26(20)13-6-10-18-8-3-2-4-9-18/h2-5,7-9,11,20H,6,10,12-16H2,1H3,(H,23,28)(H,24,27). The number of benzene rings is 1. The SMILES string of the molecule is Cc1cccc(CNC(=O)CC2C(=O)NCCN2CCCc2ccccc2)n1. The van der Waals surface area contributed by atoms with Gasteiger partial charge >= 0.3 is 0 Å². The number of piperazine rings is 1. The van der Waals surface area contributed by atoms with Crippen LogP contribution in [0.25, 0.3) is 0 Å². The van der Waals surface area contributed by atoms with E-state index in [0.29, 0.717) is 13.1 Å². The summed E-state index contributed by atoms with van der Waals surface area (Å²) < 4.78 is 0. The average molecular weight is 380 g/mol. The van der Waals surface area contributed by atoms with Crippen molar-refractivity contribution in [1.29, 1.82) is 0 Å². The fourth-order valence-corrected chi connectivity index (χ4v) is 3.52. The van der Waals surface area contributed by atoms with Crippen molar-refractivity contribution in [2.45, 2.75) is 38.8 Å². The highest BCUT2D eigenvalue weighted by atomic mass is 16.2. The van der Waals surface area contributed by atoms with Crippen molar-refractivity contribution in [2.24, 2.45) is 0 Å². The Bertz CT molecular complexity index is 794. The third kappa shape index (κ3) is 5.89. The smallest absolute Gasteiger partial charge is 0.237 e. The largest absolute Gasteiger partial charge is 0.353 e. The van der Waals surface area contributed by atoms with Gasteiger partial charge in [-0.2, -0.15) is 0 Å². The lowest BCUT2D eigenvalue weighted by Crippen LogP contribution is -2.56. The third-order valence-electron chi connectivity index (χ3n) is 4.99. The van der Waals surface area contributed by atoms with Gasteiger partial charge in [-0.15, -0.1) is 0 Å². The number of hydrogen-bond donors (Lipinski definition) is 2. The van der Waals surface area contributed by atoms with Crippen LogP contribution in [0.15, 0.2) is 48.5 Å². The summed E-state index contributed by atoms with van der Waals surface area (Å²) in [4.78, 5) is 31.3. The number of nitrogens with one attached hydrogen (secondary N) is 2. The van der Waals surface area contributed by atoms with E-state index < -0.39 is 6.04 Å². The van der Waals surface area contributed by atoms with Crippen LogP contribution < -0.4 is 10.6 Å². The van der Waals surface area contributed by atoms with Gasteiger partial charge in [-0.05, 0) is 44.0 Å². The maximum absolute atomic E-state index is 12.4. The molecule has 0 saturated carbocycles. The zero-order valence-corrected chi connectivity index (χ0v) is 16.4. The molecular weight excluding hydrogens is 352 g/mol. The zero-order chi connectivity index (χ0) is 19.8. The number of rotatable bonds is 8. The van der Waals surface area contributed by atoms with Crippen molar-refractivity contribution in [1.82, 2.24) is 20.5 Å². The fourth-order valence-electron chi connectivity index (χ4n) is 3.52. The second kappa shape index (κ2) is 9.99. The lowest BCUT2D eigenvalue weighted by atomic mass is 10.1. The van der Waals surface area contributed by atoms with E-state index in [1.807, 2.05) is 43.3 Å². The molecule has 1 aliphatic rings. The molecule has 1 aromatic heterocycles. The predicted octanol–water partition coefficient (Wildman–Crippen LogP) is 1.83. The van der Waals surface area contributed by atoms with E-state index in [2.05, 4.69) is 32.7 Å². The first-order valence-electron chi connectivity index (χ1n) is 9.87. The highest BCUT2D eigenvalue weighted by Gasteiger charge is 2.31. The van der Waals surface area contributed by atoms with Gasteiger partial charge in [0, 0.05) is 18.8 Å². The van der Waals surface area contributed by atoms with E-state index in [9.17, 15) is 9.59 Å². The molecule has 0 aliphatic carbocycles. The molecule has 1 fully saturated rings. The van der Waals surface area contributed by atoms with Crippen LogP contribution in [0.4, 0.5) is 0 Å². The predicted molar refractivity (Wildman–Crippen MR) is 109 cm³/mol. The van der Waals surface area contributed by atoms with Crippen molar-refractivity contribution in [3.05, 3.63) is 65.5 Å². The summed E-state index contributed by atoms with van der Waals surface area (Å²) >= 11 is 0. The minimum absolute atomic E-state index is 0.0604. The molecular formula is C22H28N4O2. The molecule has 0 spiro atoms. The van der Waals surface area contributed by atoms with Crippen LogP contribution in [-0.4, -0.2) is 47.4 Å². The van der Waals surface area contributed by atoms with Gasteiger partial charge in [-0.25, -0.2) is 0 Å². The average Bonchev–Trinajstić information content (AvgIpc) is 2.70. The Morgan fingerprint density at radius 2 is 2.04 bits per heavy atom. The Balaban J connectivity index is 1.50. The molecule has 0 bridgehead atoms.